The van der Waals surface area contributed by atoms with Gasteiger partial charge in [0.1, 0.15) is 5.75 Å². The number of amides is 2. The molecule has 0 radical (unpaired) electrons. The molecule has 20 heavy (non-hydrogen) atoms. The van der Waals surface area contributed by atoms with E-state index in [2.05, 4.69) is 12.2 Å². The molecule has 2 atom stereocenters. The van der Waals surface area contributed by atoms with Gasteiger partial charge < -0.3 is 20.7 Å². The van der Waals surface area contributed by atoms with E-state index in [4.69, 9.17) is 10.5 Å². The summed E-state index contributed by atoms with van der Waals surface area (Å²) in [6.07, 6.45) is 2.01. The van der Waals surface area contributed by atoms with Crippen molar-refractivity contribution in [2.24, 2.45) is 11.7 Å². The molecule has 0 saturated carbocycles. The molecular formula is C15H23N3O2. The molecule has 5 heteroatoms. The number of urea groups is 1. The summed E-state index contributed by atoms with van der Waals surface area (Å²) in [6.45, 7) is 3.49. The van der Waals surface area contributed by atoms with Crippen molar-refractivity contribution in [1.29, 1.82) is 0 Å². The molecule has 3 N–H and O–H groups in total. The molecule has 1 fully saturated rings. The summed E-state index contributed by atoms with van der Waals surface area (Å²) in [7, 11) is 1.62. The van der Waals surface area contributed by atoms with Crippen molar-refractivity contribution in [3.05, 3.63) is 24.3 Å². The molecule has 2 rings (SSSR count). The maximum absolute atomic E-state index is 12.3. The minimum atomic E-state index is -0.0717. The molecular weight excluding hydrogens is 254 g/mol. The van der Waals surface area contributed by atoms with Crippen LogP contribution in [-0.4, -0.2) is 37.2 Å². The standard InChI is InChI=1S/C15H23N3O2/c1-11-7-8-18(13(9-11)10-16)15(19)17-12-3-5-14(20-2)6-4-12/h3-6,11,13H,7-10,16H2,1-2H3,(H,17,19). The van der Waals surface area contributed by atoms with Gasteiger partial charge in [0.15, 0.2) is 0 Å². The number of hydrogen-bond acceptors (Lipinski definition) is 3. The van der Waals surface area contributed by atoms with Crippen molar-refractivity contribution in [2.75, 3.05) is 25.5 Å². The van der Waals surface area contributed by atoms with Crippen LogP contribution in [0.1, 0.15) is 19.8 Å². The fourth-order valence-electron chi connectivity index (χ4n) is 2.61. The predicted molar refractivity (Wildman–Crippen MR) is 80.0 cm³/mol. The Morgan fingerprint density at radius 1 is 1.45 bits per heavy atom. The number of benzene rings is 1. The Morgan fingerprint density at radius 2 is 2.15 bits per heavy atom. The Morgan fingerprint density at radius 3 is 2.75 bits per heavy atom. The first kappa shape index (κ1) is 14.7. The maximum atomic E-state index is 12.3. The number of nitrogens with one attached hydrogen (secondary N) is 1. The first-order valence-corrected chi connectivity index (χ1v) is 7.05. The smallest absolute Gasteiger partial charge is 0.322 e. The molecule has 1 aliphatic rings. The molecule has 0 aliphatic carbocycles. The number of nitrogens with zero attached hydrogens (tertiary/aromatic N) is 1. The first-order valence-electron chi connectivity index (χ1n) is 7.05. The average Bonchev–Trinajstić information content (AvgIpc) is 2.47. The van der Waals surface area contributed by atoms with E-state index in [1.54, 1.807) is 7.11 Å². The van der Waals surface area contributed by atoms with E-state index in [1.165, 1.54) is 0 Å². The lowest BCUT2D eigenvalue weighted by atomic mass is 9.93. The Labute approximate surface area is 120 Å². The van der Waals surface area contributed by atoms with Gasteiger partial charge in [-0.3, -0.25) is 0 Å². The van der Waals surface area contributed by atoms with Gasteiger partial charge >= 0.3 is 6.03 Å². The van der Waals surface area contributed by atoms with Crippen LogP contribution in [0.25, 0.3) is 0 Å². The van der Waals surface area contributed by atoms with Crippen LogP contribution in [0.3, 0.4) is 0 Å². The molecule has 1 aromatic carbocycles. The first-order chi connectivity index (χ1) is 9.63. The Bertz CT molecular complexity index is 447. The van der Waals surface area contributed by atoms with Crippen LogP contribution >= 0.6 is 0 Å². The Balaban J connectivity index is 1.99. The average molecular weight is 277 g/mol. The highest BCUT2D eigenvalue weighted by atomic mass is 16.5. The number of ether oxygens (including phenoxy) is 1. The van der Waals surface area contributed by atoms with Crippen molar-refractivity contribution in [3.8, 4) is 5.75 Å². The van der Waals surface area contributed by atoms with E-state index in [1.807, 2.05) is 29.2 Å². The molecule has 2 unspecified atom stereocenters. The summed E-state index contributed by atoms with van der Waals surface area (Å²) in [5.74, 6) is 1.41. The third kappa shape index (κ3) is 3.42. The van der Waals surface area contributed by atoms with E-state index in [-0.39, 0.29) is 12.1 Å². The molecule has 1 saturated heterocycles. The van der Waals surface area contributed by atoms with Crippen LogP contribution in [0, 0.1) is 5.92 Å². The number of carbonyl (C=O) groups is 1. The second-order valence-electron chi connectivity index (χ2n) is 5.37. The van der Waals surface area contributed by atoms with Crippen LogP contribution in [0.15, 0.2) is 24.3 Å². The van der Waals surface area contributed by atoms with Crippen molar-refractivity contribution < 1.29 is 9.53 Å². The van der Waals surface area contributed by atoms with Crippen molar-refractivity contribution in [2.45, 2.75) is 25.8 Å². The highest BCUT2D eigenvalue weighted by Crippen LogP contribution is 2.23. The monoisotopic (exact) mass is 277 g/mol. The largest absolute Gasteiger partial charge is 0.497 e. The summed E-state index contributed by atoms with van der Waals surface area (Å²) in [6, 6.07) is 7.39. The highest BCUT2D eigenvalue weighted by Gasteiger charge is 2.28. The second kappa shape index (κ2) is 6.61. The predicted octanol–water partition coefficient (Wildman–Crippen LogP) is 2.29. The lowest BCUT2D eigenvalue weighted by Gasteiger charge is -2.37. The summed E-state index contributed by atoms with van der Waals surface area (Å²) in [5, 5.41) is 2.92. The van der Waals surface area contributed by atoms with Gasteiger partial charge in [0.05, 0.1) is 7.11 Å². The summed E-state index contributed by atoms with van der Waals surface area (Å²) < 4.78 is 5.10. The van der Waals surface area contributed by atoms with E-state index in [0.717, 1.165) is 30.8 Å². The number of anilines is 1. The van der Waals surface area contributed by atoms with E-state index >= 15 is 0 Å². The van der Waals surface area contributed by atoms with E-state index in [9.17, 15) is 4.79 Å². The van der Waals surface area contributed by atoms with Crippen LogP contribution in [0.4, 0.5) is 10.5 Å². The molecule has 0 aromatic heterocycles. The number of rotatable bonds is 3. The molecule has 1 aromatic rings. The molecule has 2 amide bonds. The Kier molecular flexibility index (Phi) is 4.84. The molecule has 0 bridgehead atoms. The van der Waals surface area contributed by atoms with Crippen molar-refractivity contribution >= 4 is 11.7 Å². The van der Waals surface area contributed by atoms with Crippen molar-refractivity contribution in [1.82, 2.24) is 4.90 Å². The number of piperidine rings is 1. The number of carbonyl (C=O) groups excluding carboxylic acids is 1. The number of nitrogens with two attached hydrogens (primary N) is 1. The van der Waals surface area contributed by atoms with Gasteiger partial charge in [-0.25, -0.2) is 4.79 Å². The van der Waals surface area contributed by atoms with Gasteiger partial charge in [-0.15, -0.1) is 0 Å². The fraction of sp³-hybridized carbons (Fsp3) is 0.533. The van der Waals surface area contributed by atoms with Gasteiger partial charge in [-0.05, 0) is 43.0 Å². The topological polar surface area (TPSA) is 67.6 Å². The quantitative estimate of drug-likeness (QED) is 0.890. The molecule has 110 valence electrons. The lowest BCUT2D eigenvalue weighted by Crippen LogP contribution is -2.50. The van der Waals surface area contributed by atoms with Gasteiger partial charge in [-0.2, -0.15) is 0 Å². The van der Waals surface area contributed by atoms with E-state index in [0.29, 0.717) is 12.5 Å². The highest BCUT2D eigenvalue weighted by molar-refractivity contribution is 5.89. The molecule has 0 spiro atoms. The molecule has 1 aliphatic heterocycles. The number of methoxy groups -OCH3 is 1. The minimum absolute atomic E-state index is 0.0717. The zero-order valence-electron chi connectivity index (χ0n) is 12.1. The van der Waals surface area contributed by atoms with E-state index < -0.39 is 0 Å². The zero-order chi connectivity index (χ0) is 14.5. The Hall–Kier alpha value is -1.75. The summed E-state index contributed by atoms with van der Waals surface area (Å²) in [5.41, 5.74) is 6.56. The maximum Gasteiger partial charge on any atom is 0.322 e. The zero-order valence-corrected chi connectivity index (χ0v) is 12.1. The normalized spacial score (nSPS) is 22.4. The summed E-state index contributed by atoms with van der Waals surface area (Å²) in [4.78, 5) is 14.2. The molecule has 5 nitrogen and oxygen atoms in total. The second-order valence-corrected chi connectivity index (χ2v) is 5.37. The lowest BCUT2D eigenvalue weighted by molar-refractivity contribution is 0.145. The van der Waals surface area contributed by atoms with Gasteiger partial charge in [0.2, 0.25) is 0 Å². The van der Waals surface area contributed by atoms with Gasteiger partial charge in [0.25, 0.3) is 0 Å². The van der Waals surface area contributed by atoms with Crippen molar-refractivity contribution in [3.63, 3.8) is 0 Å². The SMILES string of the molecule is COc1ccc(NC(=O)N2CCC(C)CC2CN)cc1. The fourth-order valence-corrected chi connectivity index (χ4v) is 2.61. The van der Waals surface area contributed by atoms with Crippen LogP contribution in [0.5, 0.6) is 5.75 Å². The van der Waals surface area contributed by atoms with Crippen LogP contribution in [-0.2, 0) is 0 Å². The van der Waals surface area contributed by atoms with Gasteiger partial charge in [-0.1, -0.05) is 6.92 Å². The summed E-state index contributed by atoms with van der Waals surface area (Å²) >= 11 is 0. The number of likely N-dealkylation sites (tertiary alicyclic amines) is 1. The molecule has 1 heterocycles. The third-order valence-corrected chi connectivity index (χ3v) is 3.85. The van der Waals surface area contributed by atoms with Crippen LogP contribution in [0.2, 0.25) is 0 Å². The van der Waals surface area contributed by atoms with Gasteiger partial charge in [0, 0.05) is 24.8 Å². The third-order valence-electron chi connectivity index (χ3n) is 3.85. The number of hydrogen-bond donors (Lipinski definition) is 2. The minimum Gasteiger partial charge on any atom is -0.497 e. The van der Waals surface area contributed by atoms with Crippen LogP contribution < -0.4 is 15.8 Å².